The smallest absolute Gasteiger partial charge is 0.123 e. The average molecular weight is 334 g/mol. The van der Waals surface area contributed by atoms with Crippen LogP contribution in [0.1, 0.15) is 24.8 Å². The lowest BCUT2D eigenvalue weighted by Gasteiger charge is -2.20. The number of nitrogens with one attached hydrogen (secondary N) is 1. The zero-order valence-corrected chi connectivity index (χ0v) is 14.0. The fourth-order valence-electron chi connectivity index (χ4n) is 2.93. The predicted molar refractivity (Wildman–Crippen MR) is 96.7 cm³/mol. The van der Waals surface area contributed by atoms with E-state index in [1.54, 1.807) is 0 Å². The van der Waals surface area contributed by atoms with Crippen molar-refractivity contribution < 1.29 is 0 Å². The van der Waals surface area contributed by atoms with E-state index in [0.717, 1.165) is 31.7 Å². The monoisotopic (exact) mass is 333 g/mol. The minimum absolute atomic E-state index is 0. The molecular weight excluding hydrogens is 310 g/mol. The summed E-state index contributed by atoms with van der Waals surface area (Å²) in [5.41, 5.74) is 8.02. The highest BCUT2D eigenvalue weighted by Crippen LogP contribution is 2.18. The van der Waals surface area contributed by atoms with E-state index < -0.39 is 0 Å². The summed E-state index contributed by atoms with van der Waals surface area (Å²) in [6.45, 7) is 3.28. The van der Waals surface area contributed by atoms with Crippen LogP contribution in [-0.4, -0.2) is 34.0 Å². The number of likely N-dealkylation sites (tertiary alicyclic amines) is 1. The van der Waals surface area contributed by atoms with Crippen LogP contribution < -0.4 is 11.1 Å². The van der Waals surface area contributed by atoms with E-state index in [1.807, 2.05) is 30.7 Å². The Hall–Kier alpha value is -1.85. The summed E-state index contributed by atoms with van der Waals surface area (Å²) < 4.78 is 0. The van der Waals surface area contributed by atoms with Gasteiger partial charge in [-0.25, -0.2) is 4.98 Å². The van der Waals surface area contributed by atoms with Crippen molar-refractivity contribution in [3.8, 4) is 0 Å². The van der Waals surface area contributed by atoms with Crippen molar-refractivity contribution in [2.24, 2.45) is 0 Å². The summed E-state index contributed by atoms with van der Waals surface area (Å²) >= 11 is 0. The van der Waals surface area contributed by atoms with E-state index in [-0.39, 0.29) is 12.4 Å². The molecule has 0 spiro atoms. The van der Waals surface area contributed by atoms with Crippen LogP contribution in [0.4, 0.5) is 11.5 Å². The fourth-order valence-corrected chi connectivity index (χ4v) is 2.93. The molecule has 1 fully saturated rings. The van der Waals surface area contributed by atoms with Crippen LogP contribution in [0.25, 0.3) is 0 Å². The molecule has 2 aromatic rings. The molecule has 0 amide bonds. The third-order valence-electron chi connectivity index (χ3n) is 4.13. The van der Waals surface area contributed by atoms with Crippen molar-refractivity contribution >= 4 is 23.9 Å². The first kappa shape index (κ1) is 17.5. The maximum atomic E-state index is 5.63. The van der Waals surface area contributed by atoms with Crippen molar-refractivity contribution in [2.45, 2.75) is 31.8 Å². The first-order valence-electron chi connectivity index (χ1n) is 7.89. The second-order valence-corrected chi connectivity index (χ2v) is 5.88. The van der Waals surface area contributed by atoms with E-state index in [1.165, 1.54) is 18.4 Å². The molecule has 0 aromatic carbocycles. The maximum absolute atomic E-state index is 5.63. The van der Waals surface area contributed by atoms with Crippen LogP contribution in [0, 0.1) is 0 Å². The van der Waals surface area contributed by atoms with Crippen molar-refractivity contribution in [1.29, 1.82) is 0 Å². The van der Waals surface area contributed by atoms with Gasteiger partial charge in [0, 0.05) is 31.5 Å². The zero-order valence-electron chi connectivity index (χ0n) is 13.2. The Morgan fingerprint density at radius 1 is 1.13 bits per heavy atom. The number of nitrogens with two attached hydrogens (primary N) is 1. The van der Waals surface area contributed by atoms with Crippen molar-refractivity contribution in [3.05, 3.63) is 48.4 Å². The summed E-state index contributed by atoms with van der Waals surface area (Å²) in [6, 6.07) is 8.55. The van der Waals surface area contributed by atoms with E-state index in [9.17, 15) is 0 Å². The SMILES string of the molecule is Cl.Nc1ccc(NC2CCCN(Cc3ccncc3)CC2)cn1. The molecule has 6 heteroatoms. The largest absolute Gasteiger partial charge is 0.384 e. The van der Waals surface area contributed by atoms with Crippen LogP contribution in [-0.2, 0) is 6.54 Å². The molecule has 0 saturated carbocycles. The molecule has 3 heterocycles. The average Bonchev–Trinajstić information content (AvgIpc) is 2.76. The molecule has 1 atom stereocenters. The standard InChI is InChI=1S/C17H23N5.ClH/c18-17-4-3-16(12-20-17)21-15-2-1-10-22(11-7-15)13-14-5-8-19-9-6-14;/h3-6,8-9,12,15,21H,1-2,7,10-11,13H2,(H2,18,20);1H. The van der Waals surface area contributed by atoms with Crippen molar-refractivity contribution in [1.82, 2.24) is 14.9 Å². The van der Waals surface area contributed by atoms with Gasteiger partial charge in [-0.1, -0.05) is 0 Å². The second-order valence-electron chi connectivity index (χ2n) is 5.88. The van der Waals surface area contributed by atoms with Gasteiger partial charge in [0.15, 0.2) is 0 Å². The second kappa shape index (κ2) is 8.70. The van der Waals surface area contributed by atoms with Gasteiger partial charge < -0.3 is 11.1 Å². The lowest BCUT2D eigenvalue weighted by molar-refractivity contribution is 0.276. The number of halogens is 1. The molecule has 124 valence electrons. The molecule has 3 rings (SSSR count). The number of aromatic nitrogens is 2. The Balaban J connectivity index is 0.00000192. The molecule has 1 aliphatic rings. The quantitative estimate of drug-likeness (QED) is 0.900. The van der Waals surface area contributed by atoms with Gasteiger partial charge in [0.1, 0.15) is 5.82 Å². The number of anilines is 2. The Kier molecular flexibility index (Phi) is 6.62. The number of hydrogen-bond acceptors (Lipinski definition) is 5. The number of rotatable bonds is 4. The number of nitrogen functional groups attached to an aromatic ring is 1. The Bertz CT molecular complexity index is 575. The van der Waals surface area contributed by atoms with Crippen LogP contribution in [0.5, 0.6) is 0 Å². The summed E-state index contributed by atoms with van der Waals surface area (Å²) in [4.78, 5) is 10.7. The van der Waals surface area contributed by atoms with E-state index in [2.05, 4.69) is 32.3 Å². The minimum Gasteiger partial charge on any atom is -0.384 e. The third-order valence-corrected chi connectivity index (χ3v) is 4.13. The van der Waals surface area contributed by atoms with Crippen molar-refractivity contribution in [2.75, 3.05) is 24.1 Å². The number of pyridine rings is 2. The minimum atomic E-state index is 0. The first-order chi connectivity index (χ1) is 10.8. The summed E-state index contributed by atoms with van der Waals surface area (Å²) in [5.74, 6) is 0.565. The summed E-state index contributed by atoms with van der Waals surface area (Å²) in [7, 11) is 0. The first-order valence-corrected chi connectivity index (χ1v) is 7.89. The Morgan fingerprint density at radius 2 is 1.96 bits per heavy atom. The summed E-state index contributed by atoms with van der Waals surface area (Å²) in [6.07, 6.45) is 9.10. The van der Waals surface area contributed by atoms with Crippen LogP contribution >= 0.6 is 12.4 Å². The number of hydrogen-bond donors (Lipinski definition) is 2. The molecule has 23 heavy (non-hydrogen) atoms. The fraction of sp³-hybridized carbons (Fsp3) is 0.412. The molecule has 1 aliphatic heterocycles. The number of nitrogens with zero attached hydrogens (tertiary/aromatic N) is 3. The van der Waals surface area contributed by atoms with Crippen LogP contribution in [0.3, 0.4) is 0 Å². The van der Waals surface area contributed by atoms with E-state index in [0.29, 0.717) is 11.9 Å². The molecule has 3 N–H and O–H groups in total. The van der Waals surface area contributed by atoms with Gasteiger partial charge in [-0.15, -0.1) is 12.4 Å². The molecule has 0 bridgehead atoms. The molecule has 0 radical (unpaired) electrons. The third kappa shape index (κ3) is 5.37. The van der Waals surface area contributed by atoms with Gasteiger partial charge >= 0.3 is 0 Å². The van der Waals surface area contributed by atoms with Gasteiger partial charge in [0.2, 0.25) is 0 Å². The molecule has 0 aliphatic carbocycles. The lowest BCUT2D eigenvalue weighted by atomic mass is 10.1. The molecule has 1 saturated heterocycles. The summed E-state index contributed by atoms with van der Waals surface area (Å²) in [5, 5.41) is 3.58. The molecular formula is C17H24ClN5. The highest BCUT2D eigenvalue weighted by atomic mass is 35.5. The molecule has 5 nitrogen and oxygen atoms in total. The van der Waals surface area contributed by atoms with Gasteiger partial charge in [-0.3, -0.25) is 9.88 Å². The Labute approximate surface area is 143 Å². The normalized spacial score (nSPS) is 18.7. The highest BCUT2D eigenvalue weighted by Gasteiger charge is 2.17. The topological polar surface area (TPSA) is 67.1 Å². The van der Waals surface area contributed by atoms with Crippen LogP contribution in [0.2, 0.25) is 0 Å². The van der Waals surface area contributed by atoms with E-state index >= 15 is 0 Å². The van der Waals surface area contributed by atoms with Gasteiger partial charge in [0.25, 0.3) is 0 Å². The molecule has 1 unspecified atom stereocenters. The van der Waals surface area contributed by atoms with Crippen LogP contribution in [0.15, 0.2) is 42.9 Å². The maximum Gasteiger partial charge on any atom is 0.123 e. The van der Waals surface area contributed by atoms with Gasteiger partial charge in [-0.2, -0.15) is 0 Å². The highest BCUT2D eigenvalue weighted by molar-refractivity contribution is 5.85. The lowest BCUT2D eigenvalue weighted by Crippen LogP contribution is -2.26. The molecule has 2 aromatic heterocycles. The van der Waals surface area contributed by atoms with Gasteiger partial charge in [0.05, 0.1) is 11.9 Å². The van der Waals surface area contributed by atoms with E-state index in [4.69, 9.17) is 5.73 Å². The Morgan fingerprint density at radius 3 is 2.70 bits per heavy atom. The zero-order chi connectivity index (χ0) is 15.2. The predicted octanol–water partition coefficient (Wildman–Crippen LogP) is 2.95. The van der Waals surface area contributed by atoms with Gasteiger partial charge in [-0.05, 0) is 55.6 Å². The van der Waals surface area contributed by atoms with Crippen molar-refractivity contribution in [3.63, 3.8) is 0 Å².